The van der Waals surface area contributed by atoms with E-state index in [1.165, 1.54) is 41.6 Å². The van der Waals surface area contributed by atoms with Crippen molar-refractivity contribution in [2.45, 2.75) is 39.5 Å². The van der Waals surface area contributed by atoms with Gasteiger partial charge in [-0.15, -0.1) is 0 Å². The molecule has 1 N–H and O–H groups in total. The molecule has 0 unspecified atom stereocenters. The maximum absolute atomic E-state index is 11.7. The largest absolute Gasteiger partial charge is 0.372 e. The Bertz CT molecular complexity index is 1050. The van der Waals surface area contributed by atoms with Crippen LogP contribution in [-0.2, 0) is 11.2 Å². The zero-order valence-corrected chi connectivity index (χ0v) is 17.6. The highest BCUT2D eigenvalue weighted by atomic mass is 16.1. The third-order valence-corrected chi connectivity index (χ3v) is 5.93. The van der Waals surface area contributed by atoms with Gasteiger partial charge < -0.3 is 10.2 Å². The molecule has 3 aromatic rings. The van der Waals surface area contributed by atoms with Crippen LogP contribution in [0.4, 0.5) is 5.69 Å². The number of piperidine rings is 1. The number of nitrogens with zero attached hydrogens (tertiary/aromatic N) is 2. The van der Waals surface area contributed by atoms with Crippen molar-refractivity contribution in [1.82, 2.24) is 10.3 Å². The van der Waals surface area contributed by atoms with E-state index in [4.69, 9.17) is 4.98 Å². The third kappa shape index (κ3) is 4.12. The normalized spacial score (nSPS) is 14.2. The minimum Gasteiger partial charge on any atom is -0.372 e. The predicted molar refractivity (Wildman–Crippen MR) is 120 cm³/mol. The van der Waals surface area contributed by atoms with E-state index in [2.05, 4.69) is 54.4 Å². The van der Waals surface area contributed by atoms with Gasteiger partial charge in [0.25, 0.3) is 0 Å². The van der Waals surface area contributed by atoms with E-state index in [-0.39, 0.29) is 5.91 Å². The molecule has 1 saturated heterocycles. The molecule has 0 saturated carbocycles. The van der Waals surface area contributed by atoms with Crippen LogP contribution in [0.1, 0.15) is 36.0 Å². The van der Waals surface area contributed by atoms with E-state index in [1.807, 2.05) is 12.1 Å². The average molecular weight is 388 g/mol. The molecule has 1 amide bonds. The van der Waals surface area contributed by atoms with Crippen LogP contribution in [0.15, 0.2) is 42.5 Å². The van der Waals surface area contributed by atoms with Crippen molar-refractivity contribution in [3.8, 4) is 11.3 Å². The van der Waals surface area contributed by atoms with Crippen LogP contribution < -0.4 is 10.2 Å². The first-order valence-corrected chi connectivity index (χ1v) is 10.5. The summed E-state index contributed by atoms with van der Waals surface area (Å²) in [5.41, 5.74) is 7.87. The monoisotopic (exact) mass is 387 g/mol. The van der Waals surface area contributed by atoms with E-state index >= 15 is 0 Å². The van der Waals surface area contributed by atoms with Gasteiger partial charge in [0.1, 0.15) is 0 Å². The summed E-state index contributed by atoms with van der Waals surface area (Å²) in [7, 11) is 1.67. The maximum atomic E-state index is 11.7. The molecular formula is C25H29N3O. The van der Waals surface area contributed by atoms with Crippen LogP contribution in [0.5, 0.6) is 0 Å². The highest BCUT2D eigenvalue weighted by molar-refractivity contribution is 5.87. The van der Waals surface area contributed by atoms with Gasteiger partial charge in [-0.05, 0) is 74.1 Å². The SMILES string of the molecule is CNC(=O)Cc1ccc2c(C)cc(-c3ccc(N4CCCCC4)cc3C)nc2c1. The van der Waals surface area contributed by atoms with Gasteiger partial charge in [-0.3, -0.25) is 4.79 Å². The van der Waals surface area contributed by atoms with Crippen molar-refractivity contribution in [1.29, 1.82) is 0 Å². The lowest BCUT2D eigenvalue weighted by atomic mass is 9.99. The van der Waals surface area contributed by atoms with Gasteiger partial charge in [0.05, 0.1) is 17.6 Å². The molecule has 0 atom stereocenters. The highest BCUT2D eigenvalue weighted by Gasteiger charge is 2.14. The summed E-state index contributed by atoms with van der Waals surface area (Å²) < 4.78 is 0. The Morgan fingerprint density at radius 3 is 2.52 bits per heavy atom. The highest BCUT2D eigenvalue weighted by Crippen LogP contribution is 2.30. The molecule has 1 aliphatic rings. The van der Waals surface area contributed by atoms with Gasteiger partial charge >= 0.3 is 0 Å². The zero-order chi connectivity index (χ0) is 20.4. The lowest BCUT2D eigenvalue weighted by molar-refractivity contribution is -0.119. The summed E-state index contributed by atoms with van der Waals surface area (Å²) in [5, 5.41) is 3.82. The molecule has 1 aliphatic heterocycles. The third-order valence-electron chi connectivity index (χ3n) is 5.93. The number of carbonyl (C=O) groups is 1. The molecule has 0 bridgehead atoms. The second-order valence-electron chi connectivity index (χ2n) is 8.07. The van der Waals surface area contributed by atoms with Crippen molar-refractivity contribution in [2.24, 2.45) is 0 Å². The van der Waals surface area contributed by atoms with Crippen LogP contribution in [0, 0.1) is 13.8 Å². The second kappa shape index (κ2) is 8.24. The van der Waals surface area contributed by atoms with Gasteiger partial charge in [0.15, 0.2) is 0 Å². The van der Waals surface area contributed by atoms with Gasteiger partial charge in [0.2, 0.25) is 5.91 Å². The molecule has 4 nitrogen and oxygen atoms in total. The van der Waals surface area contributed by atoms with Crippen LogP contribution in [0.25, 0.3) is 22.2 Å². The first-order valence-electron chi connectivity index (χ1n) is 10.5. The number of aromatic nitrogens is 1. The number of likely N-dealkylation sites (N-methyl/N-ethyl adjacent to an activating group) is 1. The maximum Gasteiger partial charge on any atom is 0.224 e. The Labute approximate surface area is 173 Å². The fourth-order valence-electron chi connectivity index (χ4n) is 4.25. The number of pyridine rings is 1. The molecule has 4 heteroatoms. The number of anilines is 1. The van der Waals surface area contributed by atoms with Gasteiger partial charge in [-0.25, -0.2) is 4.98 Å². The standard InChI is InChI=1S/C25H29N3O/c1-17-13-20(28-11-5-4-6-12-28)8-10-22(17)23-14-18(2)21-9-7-19(15-24(21)27-23)16-25(29)26-3/h7-10,13-15H,4-6,11-12,16H2,1-3H3,(H,26,29). The predicted octanol–water partition coefficient (Wildman–Crippen LogP) is 4.80. The van der Waals surface area contributed by atoms with Crippen molar-refractivity contribution in [3.63, 3.8) is 0 Å². The molecule has 2 aromatic carbocycles. The molecule has 1 aromatic heterocycles. The number of aryl methyl sites for hydroxylation is 2. The number of rotatable bonds is 4. The Hall–Kier alpha value is -2.88. The van der Waals surface area contributed by atoms with E-state index in [0.29, 0.717) is 6.42 Å². The minimum atomic E-state index is 0.0152. The lowest BCUT2D eigenvalue weighted by Crippen LogP contribution is -2.29. The average Bonchev–Trinajstić information content (AvgIpc) is 2.74. The van der Waals surface area contributed by atoms with E-state index in [1.54, 1.807) is 7.05 Å². The zero-order valence-electron chi connectivity index (χ0n) is 17.6. The minimum absolute atomic E-state index is 0.0152. The topological polar surface area (TPSA) is 45.2 Å². The first kappa shape index (κ1) is 19.4. The van der Waals surface area contributed by atoms with E-state index in [0.717, 1.165) is 35.2 Å². The van der Waals surface area contributed by atoms with Crippen LogP contribution >= 0.6 is 0 Å². The molecular weight excluding hydrogens is 358 g/mol. The molecule has 4 rings (SSSR count). The van der Waals surface area contributed by atoms with E-state index in [9.17, 15) is 4.79 Å². The van der Waals surface area contributed by atoms with Crippen LogP contribution in [0.2, 0.25) is 0 Å². The number of benzene rings is 2. The Balaban J connectivity index is 1.70. The number of hydrogen-bond donors (Lipinski definition) is 1. The fraction of sp³-hybridized carbons (Fsp3) is 0.360. The van der Waals surface area contributed by atoms with Gasteiger partial charge in [0, 0.05) is 36.8 Å². The molecule has 0 aliphatic carbocycles. The summed E-state index contributed by atoms with van der Waals surface area (Å²) >= 11 is 0. The molecule has 2 heterocycles. The summed E-state index contributed by atoms with van der Waals surface area (Å²) in [5.74, 6) is 0.0152. The smallest absolute Gasteiger partial charge is 0.224 e. The number of carbonyl (C=O) groups excluding carboxylic acids is 1. The van der Waals surface area contributed by atoms with Crippen molar-refractivity contribution in [2.75, 3.05) is 25.0 Å². The summed E-state index contributed by atoms with van der Waals surface area (Å²) in [6.07, 6.45) is 4.28. The van der Waals surface area contributed by atoms with Crippen molar-refractivity contribution in [3.05, 3.63) is 59.2 Å². The van der Waals surface area contributed by atoms with Gasteiger partial charge in [-0.2, -0.15) is 0 Å². The number of amides is 1. The van der Waals surface area contributed by atoms with Crippen molar-refractivity contribution >= 4 is 22.5 Å². The lowest BCUT2D eigenvalue weighted by Gasteiger charge is -2.29. The molecule has 150 valence electrons. The molecule has 29 heavy (non-hydrogen) atoms. The summed E-state index contributed by atoms with van der Waals surface area (Å²) in [6.45, 7) is 6.61. The van der Waals surface area contributed by atoms with Crippen LogP contribution in [-0.4, -0.2) is 31.0 Å². The number of hydrogen-bond acceptors (Lipinski definition) is 3. The summed E-state index contributed by atoms with van der Waals surface area (Å²) in [6, 6.07) is 15.0. The van der Waals surface area contributed by atoms with E-state index < -0.39 is 0 Å². The Morgan fingerprint density at radius 1 is 1.00 bits per heavy atom. The molecule has 1 fully saturated rings. The summed E-state index contributed by atoms with van der Waals surface area (Å²) in [4.78, 5) is 19.2. The van der Waals surface area contributed by atoms with Gasteiger partial charge in [-0.1, -0.05) is 18.2 Å². The Kier molecular flexibility index (Phi) is 5.52. The quantitative estimate of drug-likeness (QED) is 0.700. The first-order chi connectivity index (χ1) is 14.0. The van der Waals surface area contributed by atoms with Crippen molar-refractivity contribution < 1.29 is 4.79 Å². The van der Waals surface area contributed by atoms with Crippen LogP contribution in [0.3, 0.4) is 0 Å². The second-order valence-corrected chi connectivity index (χ2v) is 8.07. The number of nitrogens with one attached hydrogen (secondary N) is 1. The fourth-order valence-corrected chi connectivity index (χ4v) is 4.25. The Morgan fingerprint density at radius 2 is 1.79 bits per heavy atom. The number of fused-ring (bicyclic) bond motifs is 1. The molecule has 0 spiro atoms. The molecule has 0 radical (unpaired) electrons.